The number of hydrogen-bond acceptors (Lipinski definition) is 4. The molecule has 3 aromatic carbocycles. The minimum absolute atomic E-state index is 0.147. The molecule has 1 fully saturated rings. The lowest BCUT2D eigenvalue weighted by Crippen LogP contribution is -2.19. The zero-order chi connectivity index (χ0) is 20.9. The van der Waals surface area contributed by atoms with Crippen molar-refractivity contribution in [3.63, 3.8) is 0 Å². The Morgan fingerprint density at radius 1 is 0.733 bits per heavy atom. The largest absolute Gasteiger partial charge is 0.427 e. The summed E-state index contributed by atoms with van der Waals surface area (Å²) in [4.78, 5) is 12.4. The molecule has 1 aliphatic carbocycles. The number of rotatable bonds is 5. The average molecular weight is 401 g/mol. The second-order valence-electron chi connectivity index (χ2n) is 8.21. The number of carbonyl (C=O) groups excluding carboxylic acids is 1. The first-order valence-corrected chi connectivity index (χ1v) is 10.6. The van der Waals surface area contributed by atoms with E-state index in [0.717, 1.165) is 48.2 Å². The Kier molecular flexibility index (Phi) is 6.03. The van der Waals surface area contributed by atoms with Crippen molar-refractivity contribution in [2.75, 3.05) is 11.5 Å². The highest BCUT2D eigenvalue weighted by molar-refractivity contribution is 5.73. The van der Waals surface area contributed by atoms with E-state index in [1.807, 2.05) is 60.7 Å². The summed E-state index contributed by atoms with van der Waals surface area (Å²) in [6, 6.07) is 23.5. The van der Waals surface area contributed by atoms with Crippen molar-refractivity contribution in [3.8, 4) is 16.9 Å². The van der Waals surface area contributed by atoms with E-state index >= 15 is 0 Å². The van der Waals surface area contributed by atoms with Crippen LogP contribution in [0.4, 0.5) is 11.4 Å². The molecular formula is C26H28N2O2. The van der Waals surface area contributed by atoms with Crippen LogP contribution in [0.1, 0.15) is 43.6 Å². The van der Waals surface area contributed by atoms with Gasteiger partial charge in [-0.2, -0.15) is 0 Å². The van der Waals surface area contributed by atoms with Gasteiger partial charge in [0, 0.05) is 17.8 Å². The van der Waals surface area contributed by atoms with Crippen LogP contribution in [0.2, 0.25) is 0 Å². The summed E-state index contributed by atoms with van der Waals surface area (Å²) in [5.74, 6) is 1.41. The molecule has 4 nitrogen and oxygen atoms in total. The Morgan fingerprint density at radius 2 is 1.23 bits per heavy atom. The van der Waals surface area contributed by atoms with Gasteiger partial charge in [0.1, 0.15) is 5.75 Å². The van der Waals surface area contributed by atoms with Crippen LogP contribution < -0.4 is 16.2 Å². The lowest BCUT2D eigenvalue weighted by molar-refractivity contribution is -0.135. The Morgan fingerprint density at radius 3 is 1.80 bits per heavy atom. The van der Waals surface area contributed by atoms with Crippen LogP contribution in [-0.2, 0) is 4.79 Å². The molecule has 0 aromatic heterocycles. The van der Waals surface area contributed by atoms with Crippen molar-refractivity contribution >= 4 is 17.3 Å². The van der Waals surface area contributed by atoms with E-state index in [1.165, 1.54) is 5.56 Å². The molecule has 0 atom stereocenters. The first-order valence-electron chi connectivity index (χ1n) is 10.6. The van der Waals surface area contributed by atoms with Gasteiger partial charge in [-0.25, -0.2) is 0 Å². The van der Waals surface area contributed by atoms with Gasteiger partial charge in [0.05, 0.1) is 0 Å². The monoisotopic (exact) mass is 400 g/mol. The molecule has 0 radical (unpaired) electrons. The number of nitrogen functional groups attached to an aromatic ring is 2. The maximum atomic E-state index is 12.4. The topological polar surface area (TPSA) is 78.3 Å². The first-order chi connectivity index (χ1) is 14.6. The summed E-state index contributed by atoms with van der Waals surface area (Å²) in [5, 5.41) is 0. The van der Waals surface area contributed by atoms with Gasteiger partial charge in [-0.3, -0.25) is 4.79 Å². The molecule has 0 spiro atoms. The van der Waals surface area contributed by atoms with Crippen molar-refractivity contribution in [2.24, 2.45) is 5.92 Å². The lowest BCUT2D eigenvalue weighted by Gasteiger charge is -2.28. The summed E-state index contributed by atoms with van der Waals surface area (Å²) >= 11 is 0. The third-order valence-corrected chi connectivity index (χ3v) is 6.04. The Labute approximate surface area is 177 Å². The van der Waals surface area contributed by atoms with Crippen molar-refractivity contribution < 1.29 is 9.53 Å². The molecule has 0 bridgehead atoms. The summed E-state index contributed by atoms with van der Waals surface area (Å²) in [6.45, 7) is 0. The van der Waals surface area contributed by atoms with Gasteiger partial charge >= 0.3 is 5.97 Å². The molecule has 3 aromatic rings. The van der Waals surface area contributed by atoms with Gasteiger partial charge in [0.25, 0.3) is 0 Å². The van der Waals surface area contributed by atoms with Crippen LogP contribution in [0.15, 0.2) is 72.8 Å². The Balaban J connectivity index is 1.27. The highest BCUT2D eigenvalue weighted by Gasteiger charge is 2.24. The van der Waals surface area contributed by atoms with Crippen molar-refractivity contribution in [3.05, 3.63) is 78.4 Å². The standard InChI is InChI=1S/C26H28N2O2/c27-23-11-5-20(6-12-23)19-3-1-18(2-4-19)17-26(29)30-25-15-9-22(10-16-25)21-7-13-24(28)14-8-21/h5-16,18-19H,1-4,17,27-28H2. The van der Waals surface area contributed by atoms with E-state index in [4.69, 9.17) is 16.2 Å². The molecule has 1 aliphatic rings. The molecule has 0 heterocycles. The summed E-state index contributed by atoms with van der Waals surface area (Å²) in [7, 11) is 0. The molecule has 30 heavy (non-hydrogen) atoms. The van der Waals surface area contributed by atoms with Crippen molar-refractivity contribution in [1.82, 2.24) is 0 Å². The molecule has 0 aliphatic heterocycles. The molecule has 0 saturated heterocycles. The summed E-state index contributed by atoms with van der Waals surface area (Å²) < 4.78 is 5.58. The van der Waals surface area contributed by atoms with E-state index < -0.39 is 0 Å². The predicted molar refractivity (Wildman–Crippen MR) is 122 cm³/mol. The van der Waals surface area contributed by atoms with Crippen LogP contribution in [0, 0.1) is 5.92 Å². The number of benzene rings is 3. The van der Waals surface area contributed by atoms with Gasteiger partial charge in [0.2, 0.25) is 0 Å². The Hall–Kier alpha value is -3.27. The molecule has 4 N–H and O–H groups in total. The number of hydrogen-bond donors (Lipinski definition) is 2. The highest BCUT2D eigenvalue weighted by atomic mass is 16.5. The number of esters is 1. The van der Waals surface area contributed by atoms with Gasteiger partial charge in [-0.05, 0) is 90.6 Å². The highest BCUT2D eigenvalue weighted by Crippen LogP contribution is 2.37. The fourth-order valence-electron chi connectivity index (χ4n) is 4.27. The molecular weight excluding hydrogens is 372 g/mol. The van der Waals surface area contributed by atoms with Crippen LogP contribution in [0.25, 0.3) is 11.1 Å². The van der Waals surface area contributed by atoms with Crippen molar-refractivity contribution in [2.45, 2.75) is 38.0 Å². The molecule has 0 unspecified atom stereocenters. The van der Waals surface area contributed by atoms with Crippen LogP contribution in [0.3, 0.4) is 0 Å². The van der Waals surface area contributed by atoms with Gasteiger partial charge in [-0.15, -0.1) is 0 Å². The molecule has 4 heteroatoms. The zero-order valence-electron chi connectivity index (χ0n) is 17.1. The third kappa shape index (κ3) is 5.01. The molecule has 1 saturated carbocycles. The minimum Gasteiger partial charge on any atom is -0.427 e. The quantitative estimate of drug-likeness (QED) is 0.323. The van der Waals surface area contributed by atoms with E-state index in [2.05, 4.69) is 12.1 Å². The fraction of sp³-hybridized carbons (Fsp3) is 0.269. The maximum absolute atomic E-state index is 12.4. The van der Waals surface area contributed by atoms with Crippen LogP contribution >= 0.6 is 0 Å². The van der Waals surface area contributed by atoms with Crippen LogP contribution in [-0.4, -0.2) is 5.97 Å². The third-order valence-electron chi connectivity index (χ3n) is 6.04. The zero-order valence-corrected chi connectivity index (χ0v) is 17.1. The minimum atomic E-state index is -0.147. The Bertz CT molecular complexity index is 971. The number of anilines is 2. The normalized spacial score (nSPS) is 18.7. The fourth-order valence-corrected chi connectivity index (χ4v) is 4.27. The molecule has 0 amide bonds. The second-order valence-corrected chi connectivity index (χ2v) is 8.21. The van der Waals surface area contributed by atoms with E-state index in [9.17, 15) is 4.79 Å². The SMILES string of the molecule is Nc1ccc(-c2ccc(OC(=O)CC3CCC(c4ccc(N)cc4)CC3)cc2)cc1. The van der Waals surface area contributed by atoms with E-state index in [-0.39, 0.29) is 5.97 Å². The lowest BCUT2D eigenvalue weighted by atomic mass is 9.77. The second kappa shape index (κ2) is 9.04. The van der Waals surface area contributed by atoms with Gasteiger partial charge < -0.3 is 16.2 Å². The van der Waals surface area contributed by atoms with Gasteiger partial charge in [-0.1, -0.05) is 36.4 Å². The molecule has 154 valence electrons. The van der Waals surface area contributed by atoms with Gasteiger partial charge in [0.15, 0.2) is 0 Å². The predicted octanol–water partition coefficient (Wildman–Crippen LogP) is 5.79. The maximum Gasteiger partial charge on any atom is 0.311 e. The smallest absolute Gasteiger partial charge is 0.311 e. The average Bonchev–Trinajstić information content (AvgIpc) is 2.76. The van der Waals surface area contributed by atoms with E-state index in [0.29, 0.717) is 24.0 Å². The van der Waals surface area contributed by atoms with Crippen LogP contribution in [0.5, 0.6) is 5.75 Å². The van der Waals surface area contributed by atoms with E-state index in [1.54, 1.807) is 0 Å². The number of nitrogens with two attached hydrogens (primary N) is 2. The van der Waals surface area contributed by atoms with Crippen molar-refractivity contribution in [1.29, 1.82) is 0 Å². The summed E-state index contributed by atoms with van der Waals surface area (Å²) in [5.41, 5.74) is 16.6. The molecule has 4 rings (SSSR count). The number of ether oxygens (including phenoxy) is 1. The summed E-state index contributed by atoms with van der Waals surface area (Å²) in [6.07, 6.45) is 4.81. The number of carbonyl (C=O) groups is 1. The first kappa shape index (κ1) is 20.0.